The third-order valence-corrected chi connectivity index (χ3v) is 3.92. The molecule has 0 fully saturated rings. The Morgan fingerprint density at radius 3 is 2.35 bits per heavy atom. The van der Waals surface area contributed by atoms with Gasteiger partial charge in [0.05, 0.1) is 14.2 Å². The van der Waals surface area contributed by atoms with E-state index in [1.807, 2.05) is 37.3 Å². The highest BCUT2D eigenvalue weighted by atomic mass is 16.5. The molecular formula is C16H20O4. The zero-order valence-electron chi connectivity index (χ0n) is 12.0. The third-order valence-electron chi connectivity index (χ3n) is 3.92. The van der Waals surface area contributed by atoms with Crippen LogP contribution < -0.4 is 0 Å². The number of aliphatic hydroxyl groups is 1. The number of aliphatic hydroxyl groups excluding tert-OH is 1. The van der Waals surface area contributed by atoms with Crippen molar-refractivity contribution in [3.63, 3.8) is 0 Å². The molecule has 1 N–H and O–H groups in total. The summed E-state index contributed by atoms with van der Waals surface area (Å²) in [5.41, 5.74) is 1.09. The van der Waals surface area contributed by atoms with Crippen molar-refractivity contribution in [1.29, 1.82) is 0 Å². The van der Waals surface area contributed by atoms with E-state index in [1.165, 1.54) is 14.2 Å². The second-order valence-corrected chi connectivity index (χ2v) is 5.05. The fourth-order valence-electron chi connectivity index (χ4n) is 2.71. The third kappa shape index (κ3) is 2.56. The number of ether oxygens (including phenoxy) is 2. The van der Waals surface area contributed by atoms with E-state index in [0.29, 0.717) is 6.42 Å². The lowest BCUT2D eigenvalue weighted by Crippen LogP contribution is -2.41. The molecule has 4 heteroatoms. The molecule has 4 nitrogen and oxygen atoms in total. The van der Waals surface area contributed by atoms with Gasteiger partial charge >= 0.3 is 0 Å². The van der Waals surface area contributed by atoms with Gasteiger partial charge in [-0.25, -0.2) is 0 Å². The fraction of sp³-hybridized carbons (Fsp3) is 0.438. The number of hydrogen-bond acceptors (Lipinski definition) is 4. The number of ketones is 1. The van der Waals surface area contributed by atoms with Gasteiger partial charge in [0.2, 0.25) is 11.5 Å². The molecule has 3 unspecified atom stereocenters. The number of hydrogen-bond donors (Lipinski definition) is 1. The maximum absolute atomic E-state index is 12.3. The van der Waals surface area contributed by atoms with Crippen LogP contribution in [0.15, 0.2) is 41.9 Å². The molecule has 1 aromatic carbocycles. The van der Waals surface area contributed by atoms with E-state index in [1.54, 1.807) is 0 Å². The number of benzene rings is 1. The van der Waals surface area contributed by atoms with E-state index < -0.39 is 6.10 Å². The molecular weight excluding hydrogens is 256 g/mol. The summed E-state index contributed by atoms with van der Waals surface area (Å²) in [6.07, 6.45) is -0.207. The Morgan fingerprint density at radius 1 is 1.15 bits per heavy atom. The molecule has 0 radical (unpaired) electrons. The molecule has 0 saturated heterocycles. The molecule has 0 bridgehead atoms. The molecule has 1 aliphatic rings. The van der Waals surface area contributed by atoms with Crippen LogP contribution in [0.2, 0.25) is 0 Å². The first-order valence-corrected chi connectivity index (χ1v) is 6.68. The highest BCUT2D eigenvalue weighted by molar-refractivity contribution is 5.97. The van der Waals surface area contributed by atoms with Crippen molar-refractivity contribution in [2.24, 2.45) is 11.8 Å². The number of carbonyl (C=O) groups is 1. The van der Waals surface area contributed by atoms with E-state index in [4.69, 9.17) is 9.47 Å². The Bertz CT molecular complexity index is 506. The number of rotatable bonds is 4. The molecule has 0 amide bonds. The second kappa shape index (κ2) is 6.09. The van der Waals surface area contributed by atoms with Gasteiger partial charge in [-0.2, -0.15) is 0 Å². The van der Waals surface area contributed by atoms with E-state index in [0.717, 1.165) is 5.56 Å². The van der Waals surface area contributed by atoms with E-state index in [2.05, 4.69) is 0 Å². The van der Waals surface area contributed by atoms with Gasteiger partial charge in [-0.1, -0.05) is 37.3 Å². The predicted molar refractivity (Wildman–Crippen MR) is 74.9 cm³/mol. The summed E-state index contributed by atoms with van der Waals surface area (Å²) in [4.78, 5) is 12.3. The average Bonchev–Trinajstić information content (AvgIpc) is 2.48. The molecule has 0 spiro atoms. The van der Waals surface area contributed by atoms with Crippen LogP contribution in [0.5, 0.6) is 0 Å². The van der Waals surface area contributed by atoms with Gasteiger partial charge in [0.1, 0.15) is 6.10 Å². The minimum Gasteiger partial charge on any atom is -0.494 e. The predicted octanol–water partition coefficient (Wildman–Crippen LogP) is 1.93. The number of carbonyl (C=O) groups excluding carboxylic acids is 1. The lowest BCUT2D eigenvalue weighted by molar-refractivity contribution is -0.128. The number of Topliss-reactive ketones (excluding diaryl/α,β-unsaturated/α-hetero) is 1. The smallest absolute Gasteiger partial charge is 0.204 e. The lowest BCUT2D eigenvalue weighted by atomic mass is 9.76. The van der Waals surface area contributed by atoms with Crippen molar-refractivity contribution in [1.82, 2.24) is 0 Å². The molecule has 1 aromatic rings. The van der Waals surface area contributed by atoms with Gasteiger partial charge in [-0.05, 0) is 12.0 Å². The van der Waals surface area contributed by atoms with Crippen LogP contribution >= 0.6 is 0 Å². The van der Waals surface area contributed by atoms with Crippen molar-refractivity contribution < 1.29 is 19.4 Å². The zero-order chi connectivity index (χ0) is 14.7. The fourth-order valence-corrected chi connectivity index (χ4v) is 2.71. The first-order valence-electron chi connectivity index (χ1n) is 6.68. The molecule has 0 heterocycles. The maximum Gasteiger partial charge on any atom is 0.204 e. The average molecular weight is 276 g/mol. The monoisotopic (exact) mass is 276 g/mol. The molecule has 3 atom stereocenters. The van der Waals surface area contributed by atoms with Gasteiger partial charge in [0, 0.05) is 11.8 Å². The minimum atomic E-state index is -0.831. The summed E-state index contributed by atoms with van der Waals surface area (Å²) in [6.45, 7) is 1.82. The maximum atomic E-state index is 12.3. The van der Waals surface area contributed by atoms with Crippen molar-refractivity contribution in [3.05, 3.63) is 47.4 Å². The van der Waals surface area contributed by atoms with Gasteiger partial charge in [0.15, 0.2) is 5.76 Å². The van der Waals surface area contributed by atoms with Crippen molar-refractivity contribution in [2.45, 2.75) is 19.4 Å². The van der Waals surface area contributed by atoms with Crippen LogP contribution in [-0.2, 0) is 20.7 Å². The topological polar surface area (TPSA) is 55.8 Å². The second-order valence-electron chi connectivity index (χ2n) is 5.05. The molecule has 0 aromatic heterocycles. The Hall–Kier alpha value is -1.81. The van der Waals surface area contributed by atoms with Crippen LogP contribution in [0.3, 0.4) is 0 Å². The van der Waals surface area contributed by atoms with Crippen LogP contribution in [0, 0.1) is 11.8 Å². The molecule has 0 saturated carbocycles. The SMILES string of the molecule is COC1=C(OC)C(O)C(Cc2ccccc2)C(C)C1=O. The standard InChI is InChI=1S/C16H20O4/c1-10-12(9-11-7-5-4-6-8-11)14(18)16(20-3)15(19-2)13(10)17/h4-8,10,12,14,18H,9H2,1-3H3. The van der Waals surface area contributed by atoms with Crippen LogP contribution in [0.1, 0.15) is 12.5 Å². The number of allylic oxidation sites excluding steroid dienone is 1. The Morgan fingerprint density at radius 2 is 1.80 bits per heavy atom. The first kappa shape index (κ1) is 14.6. The summed E-state index contributed by atoms with van der Waals surface area (Å²) in [5.74, 6) is -0.262. The normalized spacial score (nSPS) is 26.6. The van der Waals surface area contributed by atoms with Crippen molar-refractivity contribution in [2.75, 3.05) is 14.2 Å². The minimum absolute atomic E-state index is 0.115. The molecule has 1 aliphatic carbocycles. The van der Waals surface area contributed by atoms with E-state index >= 15 is 0 Å². The zero-order valence-corrected chi connectivity index (χ0v) is 12.0. The molecule has 108 valence electrons. The van der Waals surface area contributed by atoms with Gasteiger partial charge in [-0.3, -0.25) is 4.79 Å². The Balaban J connectivity index is 2.31. The van der Waals surface area contributed by atoms with Crippen LogP contribution in [0.4, 0.5) is 0 Å². The van der Waals surface area contributed by atoms with Gasteiger partial charge in [-0.15, -0.1) is 0 Å². The lowest BCUT2D eigenvalue weighted by Gasteiger charge is -2.34. The first-order chi connectivity index (χ1) is 9.60. The largest absolute Gasteiger partial charge is 0.494 e. The molecule has 0 aliphatic heterocycles. The molecule has 2 rings (SSSR count). The summed E-state index contributed by atoms with van der Waals surface area (Å²) in [6, 6.07) is 9.83. The summed E-state index contributed by atoms with van der Waals surface area (Å²) in [7, 11) is 2.86. The van der Waals surface area contributed by atoms with Crippen LogP contribution in [-0.4, -0.2) is 31.2 Å². The van der Waals surface area contributed by atoms with Gasteiger partial charge < -0.3 is 14.6 Å². The summed E-state index contributed by atoms with van der Waals surface area (Å²) < 4.78 is 10.3. The van der Waals surface area contributed by atoms with Crippen molar-refractivity contribution >= 4 is 5.78 Å². The Kier molecular flexibility index (Phi) is 4.45. The van der Waals surface area contributed by atoms with Gasteiger partial charge in [0.25, 0.3) is 0 Å². The summed E-state index contributed by atoms with van der Waals surface area (Å²) >= 11 is 0. The highest BCUT2D eigenvalue weighted by Crippen LogP contribution is 2.34. The van der Waals surface area contributed by atoms with E-state index in [9.17, 15) is 9.90 Å². The highest BCUT2D eigenvalue weighted by Gasteiger charge is 2.42. The Labute approximate surface area is 119 Å². The quantitative estimate of drug-likeness (QED) is 0.913. The van der Waals surface area contributed by atoms with Crippen LogP contribution in [0.25, 0.3) is 0 Å². The number of methoxy groups -OCH3 is 2. The van der Waals surface area contributed by atoms with Crippen molar-refractivity contribution in [3.8, 4) is 0 Å². The summed E-state index contributed by atoms with van der Waals surface area (Å²) in [5, 5.41) is 10.5. The van der Waals surface area contributed by atoms with E-state index in [-0.39, 0.29) is 29.1 Å². The molecule has 20 heavy (non-hydrogen) atoms.